The fourth-order valence-electron chi connectivity index (χ4n) is 3.57. The average molecular weight is 417 g/mol. The summed E-state index contributed by atoms with van der Waals surface area (Å²) in [4.78, 5) is 20.0. The van der Waals surface area contributed by atoms with Gasteiger partial charge in [0, 0.05) is 24.4 Å². The van der Waals surface area contributed by atoms with E-state index in [4.69, 9.17) is 21.1 Å². The molecule has 9 heteroatoms. The molecule has 0 saturated carbocycles. The second kappa shape index (κ2) is 7.22. The van der Waals surface area contributed by atoms with Gasteiger partial charge in [0.15, 0.2) is 0 Å². The fourth-order valence-corrected chi connectivity index (χ4v) is 3.84. The van der Waals surface area contributed by atoms with E-state index in [0.29, 0.717) is 44.3 Å². The van der Waals surface area contributed by atoms with Crippen molar-refractivity contribution < 1.29 is 19.4 Å². The molecule has 0 aliphatic carbocycles. The predicted octanol–water partition coefficient (Wildman–Crippen LogP) is 3.08. The summed E-state index contributed by atoms with van der Waals surface area (Å²) in [6.07, 6.45) is 2.25. The molecule has 1 amide bonds. The van der Waals surface area contributed by atoms with Crippen LogP contribution in [0.5, 0.6) is 5.75 Å². The molecule has 4 rings (SSSR count). The molecule has 0 fully saturated rings. The Hall–Kier alpha value is -2.81. The number of carbonyl (C=O) groups is 1. The first kappa shape index (κ1) is 19.5. The number of carbonyl (C=O) groups excluding carboxylic acids is 1. The molecule has 1 aromatic carbocycles. The molecule has 29 heavy (non-hydrogen) atoms. The lowest BCUT2D eigenvalue weighted by Crippen LogP contribution is -2.53. The lowest BCUT2D eigenvalue weighted by Gasteiger charge is -2.35. The molecule has 0 spiro atoms. The number of aliphatic hydroxyl groups is 1. The molecule has 3 aromatic rings. The molecule has 0 bridgehead atoms. The number of rotatable bonds is 5. The first-order valence-corrected chi connectivity index (χ1v) is 9.36. The molecule has 1 aliphatic rings. The van der Waals surface area contributed by atoms with Gasteiger partial charge < -0.3 is 30.2 Å². The number of benzene rings is 1. The van der Waals surface area contributed by atoms with E-state index in [-0.39, 0.29) is 12.5 Å². The van der Waals surface area contributed by atoms with Crippen LogP contribution in [-0.4, -0.2) is 47.3 Å². The number of methoxy groups -OCH3 is 2. The van der Waals surface area contributed by atoms with Gasteiger partial charge in [0.2, 0.25) is 0 Å². The monoisotopic (exact) mass is 416 g/mol. The van der Waals surface area contributed by atoms with E-state index in [0.717, 1.165) is 0 Å². The molecule has 0 radical (unpaired) electrons. The van der Waals surface area contributed by atoms with Crippen molar-refractivity contribution in [3.8, 4) is 5.75 Å². The summed E-state index contributed by atoms with van der Waals surface area (Å²) in [5.74, 6) is 0.382. The number of fused-ring (bicyclic) bond motifs is 3. The second-order valence-corrected chi connectivity index (χ2v) is 7.56. The molecular formula is C20H21ClN4O4. The van der Waals surface area contributed by atoms with Crippen molar-refractivity contribution >= 4 is 39.9 Å². The zero-order valence-electron chi connectivity index (χ0n) is 16.2. The summed E-state index contributed by atoms with van der Waals surface area (Å²) in [6, 6.07) is 5.11. The standard InChI is InChI=1S/C20H21ClN4O4/c1-20(9-28-2)19(27)24-14-8-23-18-15(16(14)25-20)12(7-22-18)17(26)11-5-4-10(29-3)6-13(11)21/h4-8,17,25-26H,9H2,1-3H3,(H,22,23)(H,24,27). The van der Waals surface area contributed by atoms with Crippen LogP contribution in [0.3, 0.4) is 0 Å². The third-order valence-electron chi connectivity index (χ3n) is 5.11. The maximum atomic E-state index is 12.5. The number of aromatic amines is 1. The smallest absolute Gasteiger partial charge is 0.252 e. The van der Waals surface area contributed by atoms with Gasteiger partial charge in [0.1, 0.15) is 23.0 Å². The van der Waals surface area contributed by atoms with Crippen molar-refractivity contribution in [2.24, 2.45) is 0 Å². The molecular weight excluding hydrogens is 396 g/mol. The number of halogens is 1. The Kier molecular flexibility index (Phi) is 4.85. The SMILES string of the molecule is COCC1(C)Nc2c(cnc3[nH]cc(C(O)c4ccc(OC)cc4Cl)c23)NC1=O. The van der Waals surface area contributed by atoms with E-state index in [1.807, 2.05) is 0 Å². The number of amides is 1. The summed E-state index contributed by atoms with van der Waals surface area (Å²) >= 11 is 6.37. The number of hydrogen-bond acceptors (Lipinski definition) is 6. The minimum absolute atomic E-state index is 0.175. The van der Waals surface area contributed by atoms with Gasteiger partial charge in [0.25, 0.3) is 5.91 Å². The lowest BCUT2D eigenvalue weighted by molar-refractivity contribution is -0.121. The van der Waals surface area contributed by atoms with Gasteiger partial charge in [-0.05, 0) is 19.1 Å². The van der Waals surface area contributed by atoms with Crippen LogP contribution < -0.4 is 15.4 Å². The Balaban J connectivity index is 1.84. The number of anilines is 2. The second-order valence-electron chi connectivity index (χ2n) is 7.15. The van der Waals surface area contributed by atoms with Crippen LogP contribution in [0.1, 0.15) is 24.2 Å². The van der Waals surface area contributed by atoms with Crippen LogP contribution in [0.25, 0.3) is 11.0 Å². The first-order chi connectivity index (χ1) is 13.9. The highest BCUT2D eigenvalue weighted by atomic mass is 35.5. The Morgan fingerprint density at radius 3 is 2.79 bits per heavy atom. The average Bonchev–Trinajstić information content (AvgIpc) is 3.13. The minimum Gasteiger partial charge on any atom is -0.497 e. The van der Waals surface area contributed by atoms with Crippen LogP contribution in [0, 0.1) is 0 Å². The van der Waals surface area contributed by atoms with Crippen LogP contribution >= 0.6 is 11.6 Å². The molecule has 1 aliphatic heterocycles. The van der Waals surface area contributed by atoms with Crippen LogP contribution in [0.4, 0.5) is 11.4 Å². The first-order valence-electron chi connectivity index (χ1n) is 8.98. The van der Waals surface area contributed by atoms with Crippen molar-refractivity contribution in [3.63, 3.8) is 0 Å². The maximum absolute atomic E-state index is 12.5. The van der Waals surface area contributed by atoms with Gasteiger partial charge in [-0.3, -0.25) is 4.79 Å². The van der Waals surface area contributed by atoms with Crippen molar-refractivity contribution in [1.82, 2.24) is 9.97 Å². The lowest BCUT2D eigenvalue weighted by atomic mass is 9.95. The fraction of sp³-hybridized carbons (Fsp3) is 0.300. The van der Waals surface area contributed by atoms with Gasteiger partial charge in [-0.15, -0.1) is 0 Å². The van der Waals surface area contributed by atoms with Crippen molar-refractivity contribution in [2.75, 3.05) is 31.5 Å². The summed E-state index contributed by atoms with van der Waals surface area (Å²) in [7, 11) is 3.09. The Morgan fingerprint density at radius 2 is 2.10 bits per heavy atom. The quantitative estimate of drug-likeness (QED) is 0.509. The highest BCUT2D eigenvalue weighted by Gasteiger charge is 2.39. The number of aliphatic hydroxyl groups excluding tert-OH is 1. The van der Waals surface area contributed by atoms with E-state index >= 15 is 0 Å². The van der Waals surface area contributed by atoms with Crippen LogP contribution in [0.2, 0.25) is 5.02 Å². The third-order valence-corrected chi connectivity index (χ3v) is 5.44. The molecule has 2 unspecified atom stereocenters. The van der Waals surface area contributed by atoms with Crippen molar-refractivity contribution in [2.45, 2.75) is 18.6 Å². The largest absolute Gasteiger partial charge is 0.497 e. The summed E-state index contributed by atoms with van der Waals surface area (Å²) in [6.45, 7) is 1.93. The van der Waals surface area contributed by atoms with Gasteiger partial charge in [-0.1, -0.05) is 17.7 Å². The van der Waals surface area contributed by atoms with E-state index in [2.05, 4.69) is 20.6 Å². The summed E-state index contributed by atoms with van der Waals surface area (Å²) in [5, 5.41) is 18.3. The highest BCUT2D eigenvalue weighted by Crippen LogP contribution is 2.41. The van der Waals surface area contributed by atoms with Crippen molar-refractivity contribution in [1.29, 1.82) is 0 Å². The summed E-state index contributed by atoms with van der Waals surface area (Å²) < 4.78 is 10.4. The van der Waals surface area contributed by atoms with E-state index in [1.165, 1.54) is 7.11 Å². The van der Waals surface area contributed by atoms with E-state index in [9.17, 15) is 9.90 Å². The molecule has 2 aromatic heterocycles. The number of pyridine rings is 1. The molecule has 0 saturated heterocycles. The van der Waals surface area contributed by atoms with Gasteiger partial charge in [-0.2, -0.15) is 0 Å². The highest BCUT2D eigenvalue weighted by molar-refractivity contribution is 6.31. The van der Waals surface area contributed by atoms with Crippen molar-refractivity contribution in [3.05, 3.63) is 46.7 Å². The Morgan fingerprint density at radius 1 is 1.31 bits per heavy atom. The zero-order chi connectivity index (χ0) is 20.8. The van der Waals surface area contributed by atoms with E-state index < -0.39 is 11.6 Å². The molecule has 2 atom stereocenters. The summed E-state index contributed by atoms with van der Waals surface area (Å²) in [5.41, 5.74) is 1.92. The molecule has 4 N–H and O–H groups in total. The van der Waals surface area contributed by atoms with Gasteiger partial charge in [0.05, 0.1) is 41.7 Å². The molecule has 3 heterocycles. The van der Waals surface area contributed by atoms with Gasteiger partial charge >= 0.3 is 0 Å². The third kappa shape index (κ3) is 3.19. The Labute approximate surface area is 172 Å². The van der Waals surface area contributed by atoms with E-state index in [1.54, 1.807) is 44.6 Å². The Bertz CT molecular complexity index is 1100. The topological polar surface area (TPSA) is 108 Å². The minimum atomic E-state index is -1.01. The maximum Gasteiger partial charge on any atom is 0.252 e. The zero-order valence-corrected chi connectivity index (χ0v) is 16.9. The number of nitrogens with zero attached hydrogens (tertiary/aromatic N) is 1. The van der Waals surface area contributed by atoms with Crippen LogP contribution in [-0.2, 0) is 9.53 Å². The number of ether oxygens (including phenoxy) is 2. The number of aromatic nitrogens is 2. The van der Waals surface area contributed by atoms with Gasteiger partial charge in [-0.25, -0.2) is 4.98 Å². The predicted molar refractivity (Wildman–Crippen MR) is 111 cm³/mol. The van der Waals surface area contributed by atoms with Crippen LogP contribution in [0.15, 0.2) is 30.6 Å². The number of H-pyrrole nitrogens is 1. The number of nitrogens with one attached hydrogen (secondary N) is 3. The molecule has 8 nitrogen and oxygen atoms in total. The molecule has 152 valence electrons. The number of hydrogen-bond donors (Lipinski definition) is 4. The normalized spacial score (nSPS) is 19.4.